The Morgan fingerprint density at radius 3 is 2.62 bits per heavy atom. The molecule has 0 aliphatic heterocycles. The van der Waals surface area contributed by atoms with E-state index in [1.165, 1.54) is 26.4 Å². The van der Waals surface area contributed by atoms with Crippen LogP contribution in [0.5, 0.6) is 5.75 Å². The van der Waals surface area contributed by atoms with Gasteiger partial charge in [0, 0.05) is 13.7 Å². The maximum atomic E-state index is 12.2. The summed E-state index contributed by atoms with van der Waals surface area (Å²) in [7, 11) is 2.69. The molecule has 1 aromatic carbocycles. The smallest absolute Gasteiger partial charge is 0.468 e. The van der Waals surface area contributed by atoms with Crippen LogP contribution in [0.2, 0.25) is 0 Å². The molecular weight excluding hydrogens is 291 g/mol. The number of methoxy groups -OCH3 is 2. The fourth-order valence-electron chi connectivity index (χ4n) is 1.65. The predicted molar refractivity (Wildman–Crippen MR) is 67.8 cm³/mol. The molecule has 0 fully saturated rings. The molecule has 0 amide bonds. The molecule has 1 rings (SSSR count). The first-order valence-electron chi connectivity index (χ1n) is 6.03. The van der Waals surface area contributed by atoms with Crippen molar-refractivity contribution in [2.24, 2.45) is 0 Å². The number of rotatable bonds is 7. The van der Waals surface area contributed by atoms with Crippen molar-refractivity contribution < 1.29 is 32.2 Å². The summed E-state index contributed by atoms with van der Waals surface area (Å²) >= 11 is 0. The molecule has 0 spiro atoms. The number of esters is 1. The normalized spacial score (nSPS) is 12.8. The van der Waals surface area contributed by atoms with E-state index in [1.807, 2.05) is 0 Å². The third-order valence-electron chi connectivity index (χ3n) is 2.52. The molecule has 0 heterocycles. The van der Waals surface area contributed by atoms with Crippen LogP contribution in [0.15, 0.2) is 24.3 Å². The summed E-state index contributed by atoms with van der Waals surface area (Å²) in [5.41, 5.74) is 0.305. The lowest BCUT2D eigenvalue weighted by molar-refractivity contribution is -0.274. The molecule has 1 unspecified atom stereocenters. The van der Waals surface area contributed by atoms with Crippen LogP contribution >= 0.6 is 0 Å². The number of benzene rings is 1. The van der Waals surface area contributed by atoms with Gasteiger partial charge < -0.3 is 14.2 Å². The third-order valence-corrected chi connectivity index (χ3v) is 2.52. The molecule has 0 aliphatic rings. The zero-order valence-electron chi connectivity index (χ0n) is 11.6. The number of carbonyl (C=O) groups is 1. The molecule has 5 nitrogen and oxygen atoms in total. The Morgan fingerprint density at radius 2 is 2.05 bits per heavy atom. The van der Waals surface area contributed by atoms with Crippen molar-refractivity contribution in [1.29, 1.82) is 0 Å². The van der Waals surface area contributed by atoms with Gasteiger partial charge in [0.2, 0.25) is 0 Å². The molecule has 0 bridgehead atoms. The maximum absolute atomic E-state index is 12.2. The summed E-state index contributed by atoms with van der Waals surface area (Å²) in [6.07, 6.45) is -4.79. The lowest BCUT2D eigenvalue weighted by Crippen LogP contribution is -2.32. The van der Waals surface area contributed by atoms with E-state index in [-0.39, 0.29) is 0 Å². The molecule has 0 radical (unpaired) electrons. The van der Waals surface area contributed by atoms with Gasteiger partial charge >= 0.3 is 12.3 Å². The van der Waals surface area contributed by atoms with Gasteiger partial charge in [-0.2, -0.15) is 0 Å². The number of nitrogens with one attached hydrogen (secondary N) is 1. The van der Waals surface area contributed by atoms with Crippen molar-refractivity contribution in [1.82, 2.24) is 5.32 Å². The summed E-state index contributed by atoms with van der Waals surface area (Å²) < 4.78 is 49.9. The number of hydrogen-bond donors (Lipinski definition) is 1. The highest BCUT2D eigenvalue weighted by atomic mass is 19.4. The fourth-order valence-corrected chi connectivity index (χ4v) is 1.65. The van der Waals surface area contributed by atoms with Gasteiger partial charge in [-0.3, -0.25) is 5.32 Å². The van der Waals surface area contributed by atoms with Crippen LogP contribution in [0.4, 0.5) is 13.2 Å². The average Bonchev–Trinajstić information content (AvgIpc) is 2.41. The van der Waals surface area contributed by atoms with Crippen LogP contribution in [-0.2, 0) is 14.3 Å². The molecule has 1 aromatic rings. The van der Waals surface area contributed by atoms with E-state index in [0.717, 1.165) is 12.1 Å². The first kappa shape index (κ1) is 17.3. The van der Waals surface area contributed by atoms with E-state index in [2.05, 4.69) is 14.8 Å². The van der Waals surface area contributed by atoms with Crippen LogP contribution in [0.25, 0.3) is 0 Å². The van der Waals surface area contributed by atoms with E-state index in [1.54, 1.807) is 0 Å². The first-order valence-corrected chi connectivity index (χ1v) is 6.03. The summed E-state index contributed by atoms with van der Waals surface area (Å²) in [6, 6.07) is 4.26. The topological polar surface area (TPSA) is 56.8 Å². The summed E-state index contributed by atoms with van der Waals surface area (Å²) in [5, 5.41) is 2.84. The Kier molecular flexibility index (Phi) is 6.44. The Bertz CT molecular complexity index is 465. The number of ether oxygens (including phenoxy) is 3. The zero-order valence-corrected chi connectivity index (χ0v) is 11.6. The van der Waals surface area contributed by atoms with Crippen molar-refractivity contribution in [2.75, 3.05) is 27.4 Å². The lowest BCUT2D eigenvalue weighted by Gasteiger charge is -2.18. The largest absolute Gasteiger partial charge is 0.573 e. The van der Waals surface area contributed by atoms with E-state index < -0.39 is 24.1 Å². The van der Waals surface area contributed by atoms with Crippen molar-refractivity contribution in [2.45, 2.75) is 12.4 Å². The fraction of sp³-hybridized carbons (Fsp3) is 0.462. The molecule has 0 saturated carbocycles. The highest BCUT2D eigenvalue weighted by Gasteiger charge is 2.31. The minimum absolute atomic E-state index is 0.305. The minimum Gasteiger partial charge on any atom is -0.468 e. The molecule has 8 heteroatoms. The highest BCUT2D eigenvalue weighted by molar-refractivity contribution is 5.77. The van der Waals surface area contributed by atoms with Crippen molar-refractivity contribution in [3.8, 4) is 5.75 Å². The second kappa shape index (κ2) is 7.84. The van der Waals surface area contributed by atoms with Crippen LogP contribution in [-0.4, -0.2) is 39.7 Å². The summed E-state index contributed by atoms with van der Waals surface area (Å²) in [4.78, 5) is 11.7. The molecule has 118 valence electrons. The van der Waals surface area contributed by atoms with Crippen LogP contribution in [0.1, 0.15) is 11.6 Å². The van der Waals surface area contributed by atoms with Gasteiger partial charge in [-0.25, -0.2) is 4.79 Å². The molecule has 0 saturated heterocycles. The monoisotopic (exact) mass is 307 g/mol. The standard InChI is InChI=1S/C13H16F3NO4/c1-19-7-6-17-11(12(18)20-2)9-4-3-5-10(8-9)21-13(14,15)16/h3-5,8,11,17H,6-7H2,1-2H3. The second-order valence-corrected chi connectivity index (χ2v) is 4.02. The minimum atomic E-state index is -4.79. The van der Waals surface area contributed by atoms with Crippen molar-refractivity contribution in [3.05, 3.63) is 29.8 Å². The van der Waals surface area contributed by atoms with E-state index in [4.69, 9.17) is 4.74 Å². The van der Waals surface area contributed by atoms with Crippen LogP contribution in [0.3, 0.4) is 0 Å². The highest BCUT2D eigenvalue weighted by Crippen LogP contribution is 2.26. The van der Waals surface area contributed by atoms with Crippen molar-refractivity contribution >= 4 is 5.97 Å². The molecule has 0 aromatic heterocycles. The summed E-state index contributed by atoms with van der Waals surface area (Å²) in [6.45, 7) is 0.673. The quantitative estimate of drug-likeness (QED) is 0.617. The van der Waals surface area contributed by atoms with Crippen LogP contribution in [0, 0.1) is 0 Å². The second-order valence-electron chi connectivity index (χ2n) is 4.02. The van der Waals surface area contributed by atoms with Crippen molar-refractivity contribution in [3.63, 3.8) is 0 Å². The van der Waals surface area contributed by atoms with E-state index >= 15 is 0 Å². The summed E-state index contributed by atoms with van der Waals surface area (Å²) in [5.74, 6) is -1.02. The number of alkyl halides is 3. The Hall–Kier alpha value is -1.80. The zero-order chi connectivity index (χ0) is 15.9. The van der Waals surface area contributed by atoms with Gasteiger partial charge in [0.25, 0.3) is 0 Å². The number of halogens is 3. The maximum Gasteiger partial charge on any atom is 0.573 e. The van der Waals surface area contributed by atoms with Gasteiger partial charge in [0.05, 0.1) is 13.7 Å². The van der Waals surface area contributed by atoms with Gasteiger partial charge in [-0.1, -0.05) is 12.1 Å². The Balaban J connectivity index is 2.91. The number of carbonyl (C=O) groups excluding carboxylic acids is 1. The van der Waals surface area contributed by atoms with Crippen LogP contribution < -0.4 is 10.1 Å². The average molecular weight is 307 g/mol. The lowest BCUT2D eigenvalue weighted by atomic mass is 10.1. The molecule has 1 N–H and O–H groups in total. The SMILES string of the molecule is COCCNC(C(=O)OC)c1cccc(OC(F)(F)F)c1. The molecule has 0 aliphatic carbocycles. The molecular formula is C13H16F3NO4. The molecule has 1 atom stereocenters. The van der Waals surface area contributed by atoms with Gasteiger partial charge in [0.15, 0.2) is 0 Å². The van der Waals surface area contributed by atoms with Gasteiger partial charge in [-0.15, -0.1) is 13.2 Å². The number of hydrogen-bond acceptors (Lipinski definition) is 5. The first-order chi connectivity index (χ1) is 9.87. The molecule has 21 heavy (non-hydrogen) atoms. The third kappa shape index (κ3) is 6.01. The Morgan fingerprint density at radius 1 is 1.33 bits per heavy atom. The van der Waals surface area contributed by atoms with E-state index in [0.29, 0.717) is 18.7 Å². The Labute approximate surface area is 120 Å². The predicted octanol–water partition coefficient (Wildman–Crippen LogP) is 2.04. The van der Waals surface area contributed by atoms with E-state index in [9.17, 15) is 18.0 Å². The van der Waals surface area contributed by atoms with Gasteiger partial charge in [-0.05, 0) is 17.7 Å². The van der Waals surface area contributed by atoms with Gasteiger partial charge in [0.1, 0.15) is 11.8 Å².